The summed E-state index contributed by atoms with van der Waals surface area (Å²) < 4.78 is 12.8. The summed E-state index contributed by atoms with van der Waals surface area (Å²) >= 11 is 0. The number of hydrogen-bond donors (Lipinski definition) is 0. The van der Waals surface area contributed by atoms with Crippen LogP contribution in [0.1, 0.15) is 32.3 Å². The predicted molar refractivity (Wildman–Crippen MR) is 71.4 cm³/mol. The van der Waals surface area contributed by atoms with Gasteiger partial charge in [-0.05, 0) is 42.0 Å². The van der Waals surface area contributed by atoms with E-state index in [9.17, 15) is 4.39 Å². The first-order valence-electron chi connectivity index (χ1n) is 6.31. The number of halogens is 1. The van der Waals surface area contributed by atoms with Crippen molar-refractivity contribution in [2.24, 2.45) is 11.8 Å². The molecule has 0 aliphatic rings. The van der Waals surface area contributed by atoms with Crippen LogP contribution in [0.4, 0.5) is 4.39 Å². The van der Waals surface area contributed by atoms with Crippen LogP contribution < -0.4 is 0 Å². The van der Waals surface area contributed by atoms with Crippen molar-refractivity contribution in [3.05, 3.63) is 54.0 Å². The van der Waals surface area contributed by atoms with E-state index in [4.69, 9.17) is 0 Å². The molecule has 0 amide bonds. The largest absolute Gasteiger partial charge is 0.207 e. The summed E-state index contributed by atoms with van der Waals surface area (Å²) in [5.41, 5.74) is 4.08. The maximum Gasteiger partial charge on any atom is 0.123 e. The van der Waals surface area contributed by atoms with E-state index in [2.05, 4.69) is 32.2 Å². The zero-order chi connectivity index (χ0) is 12.7. The fourth-order valence-electron chi connectivity index (χ4n) is 2.30. The van der Waals surface area contributed by atoms with Crippen LogP contribution in [-0.4, -0.2) is 0 Å². The highest BCUT2D eigenvalue weighted by Gasteiger charge is 2.16. The Hall–Kier alpha value is -1.33. The van der Waals surface area contributed by atoms with Gasteiger partial charge in [-0.15, -0.1) is 5.73 Å². The third kappa shape index (κ3) is 4.20. The van der Waals surface area contributed by atoms with Gasteiger partial charge in [0.2, 0.25) is 0 Å². The molecular weight excluding hydrogens is 211 g/mol. The topological polar surface area (TPSA) is 0 Å². The van der Waals surface area contributed by atoms with E-state index >= 15 is 0 Å². The summed E-state index contributed by atoms with van der Waals surface area (Å²) in [6.45, 7) is 8.09. The highest BCUT2D eigenvalue weighted by Crippen LogP contribution is 2.24. The average Bonchev–Trinajstić information content (AvgIpc) is 2.34. The van der Waals surface area contributed by atoms with Gasteiger partial charge in [0.25, 0.3) is 0 Å². The van der Waals surface area contributed by atoms with Gasteiger partial charge in [0, 0.05) is 0 Å². The molecule has 1 aromatic carbocycles. The van der Waals surface area contributed by atoms with Crippen LogP contribution in [-0.2, 0) is 6.42 Å². The van der Waals surface area contributed by atoms with Gasteiger partial charge in [-0.2, -0.15) is 0 Å². The first kappa shape index (κ1) is 13.7. The van der Waals surface area contributed by atoms with E-state index in [0.29, 0.717) is 11.8 Å². The fourth-order valence-corrected chi connectivity index (χ4v) is 2.30. The van der Waals surface area contributed by atoms with Gasteiger partial charge in [0.05, 0.1) is 0 Å². The Kier molecular flexibility index (Phi) is 5.72. The summed E-state index contributed by atoms with van der Waals surface area (Å²) in [7, 11) is 0. The highest BCUT2D eigenvalue weighted by atomic mass is 19.1. The van der Waals surface area contributed by atoms with Crippen molar-refractivity contribution in [1.82, 2.24) is 0 Å². The smallest absolute Gasteiger partial charge is 0.123 e. The summed E-state index contributed by atoms with van der Waals surface area (Å²) in [5, 5.41) is 0. The molecule has 0 heterocycles. The number of rotatable bonds is 6. The van der Waals surface area contributed by atoms with Crippen molar-refractivity contribution < 1.29 is 4.39 Å². The molecule has 0 N–H and O–H groups in total. The molecule has 0 nitrogen and oxygen atoms in total. The molecule has 0 fully saturated rings. The Labute approximate surface area is 104 Å². The SMILES string of the molecule is C=C=CC(Cc1ccc(F)cc1)C(CC)CC. The Morgan fingerprint density at radius 2 is 1.82 bits per heavy atom. The highest BCUT2D eigenvalue weighted by molar-refractivity contribution is 5.17. The van der Waals surface area contributed by atoms with Crippen LogP contribution in [0.5, 0.6) is 0 Å². The lowest BCUT2D eigenvalue weighted by atomic mass is 9.83. The molecule has 0 spiro atoms. The van der Waals surface area contributed by atoms with Crippen molar-refractivity contribution in [1.29, 1.82) is 0 Å². The van der Waals surface area contributed by atoms with Crippen LogP contribution in [0.25, 0.3) is 0 Å². The zero-order valence-electron chi connectivity index (χ0n) is 10.7. The van der Waals surface area contributed by atoms with E-state index in [1.54, 1.807) is 0 Å². The summed E-state index contributed by atoms with van der Waals surface area (Å²) in [5.74, 6) is 0.925. The van der Waals surface area contributed by atoms with Crippen LogP contribution in [0.3, 0.4) is 0 Å². The molecule has 0 aliphatic carbocycles. The second kappa shape index (κ2) is 7.09. The van der Waals surface area contributed by atoms with Gasteiger partial charge in [-0.3, -0.25) is 0 Å². The molecular formula is C16H21F. The minimum absolute atomic E-state index is 0.174. The van der Waals surface area contributed by atoms with E-state index in [1.165, 1.54) is 17.7 Å². The third-order valence-corrected chi connectivity index (χ3v) is 3.37. The standard InChI is InChI=1S/C16H21F/c1-4-7-15(14(5-2)6-3)12-13-8-10-16(17)11-9-13/h7-11,14-15H,1,5-6,12H2,2-3H3. The van der Waals surface area contributed by atoms with Gasteiger partial charge >= 0.3 is 0 Å². The number of hydrogen-bond acceptors (Lipinski definition) is 0. The summed E-state index contributed by atoms with van der Waals surface area (Å²) in [4.78, 5) is 0. The summed E-state index contributed by atoms with van der Waals surface area (Å²) in [6, 6.07) is 6.77. The van der Waals surface area contributed by atoms with Crippen LogP contribution in [0, 0.1) is 17.7 Å². The minimum Gasteiger partial charge on any atom is -0.207 e. The molecule has 1 atom stereocenters. The van der Waals surface area contributed by atoms with Gasteiger partial charge in [-0.25, -0.2) is 4.39 Å². The van der Waals surface area contributed by atoms with Crippen molar-refractivity contribution in [3.8, 4) is 0 Å². The quantitative estimate of drug-likeness (QED) is 0.620. The van der Waals surface area contributed by atoms with Crippen LogP contribution in [0.2, 0.25) is 0 Å². The van der Waals surface area contributed by atoms with Gasteiger partial charge < -0.3 is 0 Å². The van der Waals surface area contributed by atoms with Crippen molar-refractivity contribution in [2.75, 3.05) is 0 Å². The van der Waals surface area contributed by atoms with Crippen LogP contribution >= 0.6 is 0 Å². The maximum absolute atomic E-state index is 12.8. The Morgan fingerprint density at radius 3 is 2.29 bits per heavy atom. The normalized spacial score (nSPS) is 12.2. The molecule has 0 aromatic heterocycles. The lowest BCUT2D eigenvalue weighted by Gasteiger charge is -2.21. The van der Waals surface area contributed by atoms with E-state index in [-0.39, 0.29) is 5.82 Å². The first-order chi connectivity index (χ1) is 8.21. The maximum atomic E-state index is 12.8. The van der Waals surface area contributed by atoms with E-state index < -0.39 is 0 Å². The monoisotopic (exact) mass is 232 g/mol. The fraction of sp³-hybridized carbons (Fsp3) is 0.438. The Morgan fingerprint density at radius 1 is 1.24 bits per heavy atom. The minimum atomic E-state index is -0.174. The number of allylic oxidation sites excluding steroid dienone is 1. The van der Waals surface area contributed by atoms with Crippen LogP contribution in [0.15, 0.2) is 42.7 Å². The molecule has 1 heteroatoms. The molecule has 17 heavy (non-hydrogen) atoms. The van der Waals surface area contributed by atoms with E-state index in [0.717, 1.165) is 19.3 Å². The Bertz CT molecular complexity index is 367. The molecule has 0 radical (unpaired) electrons. The van der Waals surface area contributed by atoms with Crippen molar-refractivity contribution in [3.63, 3.8) is 0 Å². The molecule has 0 saturated carbocycles. The lowest BCUT2D eigenvalue weighted by molar-refractivity contribution is 0.369. The van der Waals surface area contributed by atoms with Gasteiger partial charge in [0.15, 0.2) is 0 Å². The second-order valence-corrected chi connectivity index (χ2v) is 4.44. The predicted octanol–water partition coefficient (Wildman–Crippen LogP) is 4.76. The average molecular weight is 232 g/mol. The first-order valence-corrected chi connectivity index (χ1v) is 6.31. The van der Waals surface area contributed by atoms with Gasteiger partial charge in [-0.1, -0.05) is 45.4 Å². The summed E-state index contributed by atoms with van der Waals surface area (Å²) in [6.07, 6.45) is 5.30. The van der Waals surface area contributed by atoms with Crippen molar-refractivity contribution in [2.45, 2.75) is 33.1 Å². The van der Waals surface area contributed by atoms with E-state index in [1.807, 2.05) is 12.1 Å². The third-order valence-electron chi connectivity index (χ3n) is 3.37. The number of benzene rings is 1. The molecule has 1 unspecified atom stereocenters. The molecule has 1 rings (SSSR count). The molecule has 0 aliphatic heterocycles. The molecule has 0 bridgehead atoms. The second-order valence-electron chi connectivity index (χ2n) is 4.44. The lowest BCUT2D eigenvalue weighted by Crippen LogP contribution is -2.13. The molecule has 92 valence electrons. The molecule has 0 saturated heterocycles. The Balaban J connectivity index is 2.79. The van der Waals surface area contributed by atoms with Crippen molar-refractivity contribution >= 4 is 0 Å². The zero-order valence-corrected chi connectivity index (χ0v) is 10.7. The van der Waals surface area contributed by atoms with Gasteiger partial charge in [0.1, 0.15) is 5.82 Å². The molecule has 1 aromatic rings.